The average Bonchev–Trinajstić information content (AvgIpc) is 2.77. The standard InChI is InChI=1S/C14H22BrNS/c1-3-10-6-4-5-7-12(10)14(16-2)13-8-11(15)9-17-13/h8-10,12,14,16H,3-7H2,1-2H3. The fraction of sp³-hybridized carbons (Fsp3) is 0.714. The lowest BCUT2D eigenvalue weighted by atomic mass is 9.73. The fourth-order valence-electron chi connectivity index (χ4n) is 3.24. The van der Waals surface area contributed by atoms with E-state index in [2.05, 4.69) is 46.7 Å². The second kappa shape index (κ2) is 6.35. The predicted molar refractivity (Wildman–Crippen MR) is 79.6 cm³/mol. The van der Waals surface area contributed by atoms with Crippen LogP contribution in [0.15, 0.2) is 15.9 Å². The number of rotatable bonds is 4. The Morgan fingerprint density at radius 2 is 2.24 bits per heavy atom. The second-order valence-corrected chi connectivity index (χ2v) is 6.91. The third kappa shape index (κ3) is 3.12. The molecular weight excluding hydrogens is 294 g/mol. The summed E-state index contributed by atoms with van der Waals surface area (Å²) in [4.78, 5) is 1.49. The van der Waals surface area contributed by atoms with E-state index in [9.17, 15) is 0 Å². The van der Waals surface area contributed by atoms with E-state index in [0.717, 1.165) is 11.8 Å². The molecule has 1 aliphatic rings. The number of hydrogen-bond acceptors (Lipinski definition) is 2. The molecule has 2 rings (SSSR count). The highest BCUT2D eigenvalue weighted by molar-refractivity contribution is 9.10. The molecule has 17 heavy (non-hydrogen) atoms. The molecule has 1 saturated carbocycles. The first kappa shape index (κ1) is 13.6. The number of hydrogen-bond donors (Lipinski definition) is 1. The first-order valence-electron chi connectivity index (χ1n) is 6.67. The van der Waals surface area contributed by atoms with Gasteiger partial charge in [-0.15, -0.1) is 11.3 Å². The monoisotopic (exact) mass is 315 g/mol. The molecule has 3 heteroatoms. The van der Waals surface area contributed by atoms with Gasteiger partial charge in [0, 0.05) is 20.8 Å². The summed E-state index contributed by atoms with van der Waals surface area (Å²) in [5.74, 6) is 1.73. The van der Waals surface area contributed by atoms with Crippen molar-refractivity contribution in [3.05, 3.63) is 20.8 Å². The molecule has 0 aromatic carbocycles. The number of nitrogens with one attached hydrogen (secondary N) is 1. The molecule has 1 aliphatic carbocycles. The minimum Gasteiger partial charge on any atom is -0.312 e. The lowest BCUT2D eigenvalue weighted by Crippen LogP contribution is -2.32. The highest BCUT2D eigenvalue weighted by Gasteiger charge is 2.31. The van der Waals surface area contributed by atoms with E-state index >= 15 is 0 Å². The number of halogens is 1. The first-order valence-corrected chi connectivity index (χ1v) is 8.34. The Bertz CT molecular complexity index is 350. The van der Waals surface area contributed by atoms with Crippen LogP contribution in [0.3, 0.4) is 0 Å². The van der Waals surface area contributed by atoms with Crippen molar-refractivity contribution in [1.82, 2.24) is 5.32 Å². The molecule has 3 atom stereocenters. The van der Waals surface area contributed by atoms with Crippen molar-refractivity contribution in [2.24, 2.45) is 11.8 Å². The van der Waals surface area contributed by atoms with Gasteiger partial charge >= 0.3 is 0 Å². The van der Waals surface area contributed by atoms with Crippen LogP contribution in [0.1, 0.15) is 49.9 Å². The van der Waals surface area contributed by atoms with E-state index in [1.54, 1.807) is 0 Å². The Morgan fingerprint density at radius 3 is 2.82 bits per heavy atom. The van der Waals surface area contributed by atoms with Crippen molar-refractivity contribution in [2.75, 3.05) is 7.05 Å². The van der Waals surface area contributed by atoms with Crippen LogP contribution in [0.2, 0.25) is 0 Å². The van der Waals surface area contributed by atoms with Crippen LogP contribution in [0.5, 0.6) is 0 Å². The van der Waals surface area contributed by atoms with Gasteiger partial charge in [0.1, 0.15) is 0 Å². The minimum absolute atomic E-state index is 0.552. The molecule has 1 N–H and O–H groups in total. The van der Waals surface area contributed by atoms with Crippen molar-refractivity contribution >= 4 is 27.3 Å². The Balaban J connectivity index is 2.16. The van der Waals surface area contributed by atoms with Gasteiger partial charge in [-0.3, -0.25) is 0 Å². The molecule has 1 aromatic heterocycles. The molecule has 0 aliphatic heterocycles. The largest absolute Gasteiger partial charge is 0.312 e. The summed E-state index contributed by atoms with van der Waals surface area (Å²) in [5.41, 5.74) is 0. The van der Waals surface area contributed by atoms with Gasteiger partial charge in [-0.05, 0) is 47.3 Å². The van der Waals surface area contributed by atoms with Crippen molar-refractivity contribution < 1.29 is 0 Å². The van der Waals surface area contributed by atoms with Crippen molar-refractivity contribution in [1.29, 1.82) is 0 Å². The molecule has 0 saturated heterocycles. The van der Waals surface area contributed by atoms with Gasteiger partial charge in [0.05, 0.1) is 0 Å². The Kier molecular flexibility index (Phi) is 5.07. The van der Waals surface area contributed by atoms with Gasteiger partial charge in [-0.2, -0.15) is 0 Å². The normalized spacial score (nSPS) is 27.0. The SMILES string of the molecule is CCC1CCCCC1C(NC)c1cc(Br)cs1. The summed E-state index contributed by atoms with van der Waals surface area (Å²) in [7, 11) is 2.11. The van der Waals surface area contributed by atoms with Crippen LogP contribution in [0, 0.1) is 11.8 Å². The highest BCUT2D eigenvalue weighted by Crippen LogP contribution is 2.42. The summed E-state index contributed by atoms with van der Waals surface area (Å²) < 4.78 is 1.22. The summed E-state index contributed by atoms with van der Waals surface area (Å²) >= 11 is 5.45. The molecule has 1 fully saturated rings. The molecule has 0 radical (unpaired) electrons. The minimum atomic E-state index is 0.552. The zero-order valence-electron chi connectivity index (χ0n) is 10.7. The van der Waals surface area contributed by atoms with Crippen molar-refractivity contribution in [3.63, 3.8) is 0 Å². The summed E-state index contributed by atoms with van der Waals surface area (Å²) in [6.45, 7) is 2.35. The topological polar surface area (TPSA) is 12.0 Å². The third-order valence-electron chi connectivity index (χ3n) is 4.13. The molecule has 1 aromatic rings. The summed E-state index contributed by atoms with van der Waals surface area (Å²) in [5, 5.41) is 5.75. The maximum atomic E-state index is 3.57. The van der Waals surface area contributed by atoms with Crippen LogP contribution in [0.4, 0.5) is 0 Å². The summed E-state index contributed by atoms with van der Waals surface area (Å²) in [6, 6.07) is 2.84. The maximum absolute atomic E-state index is 3.57. The first-order chi connectivity index (χ1) is 8.26. The third-order valence-corrected chi connectivity index (χ3v) is 5.90. The molecule has 1 nitrogen and oxygen atoms in total. The molecule has 3 unspecified atom stereocenters. The lowest BCUT2D eigenvalue weighted by molar-refractivity contribution is 0.182. The number of thiophene rings is 1. The second-order valence-electron chi connectivity index (χ2n) is 5.05. The van der Waals surface area contributed by atoms with E-state index in [1.807, 2.05) is 11.3 Å². The Labute approximate surface area is 117 Å². The van der Waals surface area contributed by atoms with Crippen molar-refractivity contribution in [2.45, 2.75) is 45.1 Å². The Hall–Kier alpha value is 0.140. The fourth-order valence-corrected chi connectivity index (χ4v) is 4.87. The van der Waals surface area contributed by atoms with Crippen LogP contribution < -0.4 is 5.32 Å². The van der Waals surface area contributed by atoms with Crippen LogP contribution in [-0.4, -0.2) is 7.05 Å². The van der Waals surface area contributed by atoms with Gasteiger partial charge in [0.25, 0.3) is 0 Å². The van der Waals surface area contributed by atoms with E-state index < -0.39 is 0 Å². The highest BCUT2D eigenvalue weighted by atomic mass is 79.9. The molecule has 96 valence electrons. The molecule has 0 spiro atoms. The lowest BCUT2D eigenvalue weighted by Gasteiger charge is -2.36. The molecular formula is C14H22BrNS. The van der Waals surface area contributed by atoms with Gasteiger partial charge in [0.15, 0.2) is 0 Å². The molecule has 0 bridgehead atoms. The zero-order valence-corrected chi connectivity index (χ0v) is 13.1. The Morgan fingerprint density at radius 1 is 1.47 bits per heavy atom. The smallest absolute Gasteiger partial charge is 0.0444 e. The van der Waals surface area contributed by atoms with Crippen LogP contribution in [-0.2, 0) is 0 Å². The molecule has 0 amide bonds. The quantitative estimate of drug-likeness (QED) is 0.825. The van der Waals surface area contributed by atoms with Gasteiger partial charge < -0.3 is 5.32 Å². The van der Waals surface area contributed by atoms with Crippen LogP contribution >= 0.6 is 27.3 Å². The van der Waals surface area contributed by atoms with Gasteiger partial charge in [0.2, 0.25) is 0 Å². The van der Waals surface area contributed by atoms with E-state index in [1.165, 1.54) is 41.5 Å². The average molecular weight is 316 g/mol. The van der Waals surface area contributed by atoms with Gasteiger partial charge in [-0.25, -0.2) is 0 Å². The van der Waals surface area contributed by atoms with Crippen LogP contribution in [0.25, 0.3) is 0 Å². The predicted octanol–water partition coefficient (Wildman–Crippen LogP) is 4.99. The van der Waals surface area contributed by atoms with E-state index in [4.69, 9.17) is 0 Å². The maximum Gasteiger partial charge on any atom is 0.0444 e. The molecule has 1 heterocycles. The van der Waals surface area contributed by atoms with E-state index in [-0.39, 0.29) is 0 Å². The van der Waals surface area contributed by atoms with E-state index in [0.29, 0.717) is 6.04 Å². The zero-order chi connectivity index (χ0) is 12.3. The van der Waals surface area contributed by atoms with Gasteiger partial charge in [-0.1, -0.05) is 32.6 Å². The summed E-state index contributed by atoms with van der Waals surface area (Å²) in [6.07, 6.45) is 6.98. The van der Waals surface area contributed by atoms with Crippen molar-refractivity contribution in [3.8, 4) is 0 Å².